The molecule has 1 aliphatic heterocycles. The van der Waals surface area contributed by atoms with E-state index in [1.807, 2.05) is 6.08 Å². The number of aliphatic carboxylic acids is 1. The van der Waals surface area contributed by atoms with Crippen molar-refractivity contribution in [2.45, 2.75) is 122 Å². The highest BCUT2D eigenvalue weighted by molar-refractivity contribution is 5.79. The van der Waals surface area contributed by atoms with Gasteiger partial charge in [0.1, 0.15) is 18.1 Å². The van der Waals surface area contributed by atoms with Gasteiger partial charge in [-0.15, -0.1) is 0 Å². The lowest BCUT2D eigenvalue weighted by atomic mass is 9.95. The van der Waals surface area contributed by atoms with Crippen molar-refractivity contribution in [3.05, 3.63) is 59.9 Å². The number of unbranched alkanes of at least 4 members (excludes halogenated alkanes) is 3. The van der Waals surface area contributed by atoms with Crippen molar-refractivity contribution in [3.8, 4) is 0 Å². The van der Waals surface area contributed by atoms with E-state index in [4.69, 9.17) is 19.4 Å². The van der Waals surface area contributed by atoms with E-state index >= 15 is 0 Å². The highest BCUT2D eigenvalue weighted by Crippen LogP contribution is 2.33. The summed E-state index contributed by atoms with van der Waals surface area (Å²) in [6.45, 7) is 8.74. The average molecular weight is 558 g/mol. The Morgan fingerprint density at radius 2 is 1.98 bits per heavy atom. The first kappa shape index (κ1) is 33.7. The fourth-order valence-electron chi connectivity index (χ4n) is 5.28. The normalized spacial score (nSPS) is 19.9. The van der Waals surface area contributed by atoms with Gasteiger partial charge in [-0.1, -0.05) is 55.7 Å². The van der Waals surface area contributed by atoms with Crippen molar-refractivity contribution in [2.75, 3.05) is 6.61 Å². The third-order valence-corrected chi connectivity index (χ3v) is 7.31. The van der Waals surface area contributed by atoms with Crippen LogP contribution in [0.25, 0.3) is 6.08 Å². The Labute approximate surface area is 240 Å². The molecule has 0 bridgehead atoms. The number of carbonyl (C=O) groups is 1. The van der Waals surface area contributed by atoms with E-state index in [9.17, 15) is 9.90 Å². The summed E-state index contributed by atoms with van der Waals surface area (Å²) in [6, 6.07) is 0. The van der Waals surface area contributed by atoms with Crippen molar-refractivity contribution in [1.82, 2.24) is 4.98 Å². The predicted octanol–water partition coefficient (Wildman–Crippen LogP) is 7.72. The lowest BCUT2D eigenvalue weighted by Crippen LogP contribution is -2.27. The molecular formula is C33H51NO6. The fraction of sp³-hybridized carbons (Fsp3) is 0.636. The second-order valence-corrected chi connectivity index (χ2v) is 11.3. The zero-order valence-corrected chi connectivity index (χ0v) is 24.6. The summed E-state index contributed by atoms with van der Waals surface area (Å²) in [5.74, 6) is 0.334. The smallest absolute Gasteiger partial charge is 0.327 e. The monoisotopic (exact) mass is 557 g/mol. The zero-order valence-electron chi connectivity index (χ0n) is 24.6. The van der Waals surface area contributed by atoms with Crippen molar-refractivity contribution >= 4 is 12.0 Å². The van der Waals surface area contributed by atoms with Crippen LogP contribution in [0.1, 0.15) is 121 Å². The van der Waals surface area contributed by atoms with Gasteiger partial charge in [-0.25, -0.2) is 9.78 Å². The largest absolute Gasteiger partial charge is 0.478 e. The van der Waals surface area contributed by atoms with Crippen LogP contribution in [0, 0.1) is 5.92 Å². The SMILES string of the molecule is C=C(CCC/C=C\C(=O)O)CC(O)CC1CCCC(c2coc(/C=C/CCCCC(C)C/C(C)=C/CCO)n2)O1. The summed E-state index contributed by atoms with van der Waals surface area (Å²) in [4.78, 5) is 15.1. The molecule has 224 valence electrons. The molecule has 40 heavy (non-hydrogen) atoms. The van der Waals surface area contributed by atoms with Gasteiger partial charge in [0.15, 0.2) is 0 Å². The van der Waals surface area contributed by atoms with Crippen LogP contribution < -0.4 is 0 Å². The minimum atomic E-state index is -0.930. The Kier molecular flexibility index (Phi) is 16.5. The number of allylic oxidation sites excluding steroid dienone is 3. The average Bonchev–Trinajstić information content (AvgIpc) is 3.38. The summed E-state index contributed by atoms with van der Waals surface area (Å²) in [7, 11) is 0. The Morgan fingerprint density at radius 1 is 1.18 bits per heavy atom. The summed E-state index contributed by atoms with van der Waals surface area (Å²) >= 11 is 0. The molecule has 2 heterocycles. The predicted molar refractivity (Wildman–Crippen MR) is 160 cm³/mol. The van der Waals surface area contributed by atoms with E-state index in [2.05, 4.69) is 37.6 Å². The molecule has 7 heteroatoms. The molecule has 1 aromatic rings. The van der Waals surface area contributed by atoms with E-state index in [1.165, 1.54) is 18.4 Å². The number of hydrogen-bond acceptors (Lipinski definition) is 6. The van der Waals surface area contributed by atoms with Crippen LogP contribution >= 0.6 is 0 Å². The second kappa shape index (κ2) is 19.6. The number of ether oxygens (including phenoxy) is 1. The van der Waals surface area contributed by atoms with E-state index in [1.54, 1.807) is 12.3 Å². The molecule has 2 rings (SSSR count). The molecule has 0 spiro atoms. The van der Waals surface area contributed by atoms with E-state index in [0.717, 1.165) is 75.1 Å². The van der Waals surface area contributed by atoms with Crippen LogP contribution in [0.4, 0.5) is 0 Å². The number of hydrogen-bond donors (Lipinski definition) is 3. The van der Waals surface area contributed by atoms with Gasteiger partial charge in [-0.2, -0.15) is 0 Å². The highest BCUT2D eigenvalue weighted by atomic mass is 16.5. The first-order valence-corrected chi connectivity index (χ1v) is 15.0. The maximum absolute atomic E-state index is 10.6. The van der Waals surface area contributed by atoms with Gasteiger partial charge in [-0.05, 0) is 96.0 Å². The Morgan fingerprint density at radius 3 is 2.75 bits per heavy atom. The molecule has 1 aromatic heterocycles. The summed E-state index contributed by atoms with van der Waals surface area (Å²) in [6.07, 6.45) is 22.7. The van der Waals surface area contributed by atoms with E-state index in [0.29, 0.717) is 31.1 Å². The Hall–Kier alpha value is -2.48. The number of aliphatic hydroxyl groups is 2. The minimum Gasteiger partial charge on any atom is -0.478 e. The molecule has 4 atom stereocenters. The number of aromatic nitrogens is 1. The number of nitrogens with zero attached hydrogens (tertiary/aromatic N) is 1. The number of carboxylic acids is 1. The molecule has 1 fully saturated rings. The zero-order chi connectivity index (χ0) is 29.2. The second-order valence-electron chi connectivity index (χ2n) is 11.3. The van der Waals surface area contributed by atoms with Crippen molar-refractivity contribution < 1.29 is 29.3 Å². The molecule has 0 radical (unpaired) electrons. The number of oxazole rings is 1. The molecule has 0 aliphatic carbocycles. The number of rotatable bonds is 20. The van der Waals surface area contributed by atoms with Gasteiger partial charge in [0.2, 0.25) is 5.89 Å². The molecule has 0 amide bonds. The minimum absolute atomic E-state index is 0.0212. The topological polar surface area (TPSA) is 113 Å². The Bertz CT molecular complexity index is 962. The molecule has 7 nitrogen and oxygen atoms in total. The summed E-state index contributed by atoms with van der Waals surface area (Å²) < 4.78 is 12.0. The van der Waals surface area contributed by atoms with E-state index < -0.39 is 12.1 Å². The molecule has 4 unspecified atom stereocenters. The molecule has 3 N–H and O–H groups in total. The molecule has 1 saturated heterocycles. The summed E-state index contributed by atoms with van der Waals surface area (Å²) in [5, 5.41) is 28.1. The van der Waals surface area contributed by atoms with Gasteiger partial charge in [0.25, 0.3) is 0 Å². The van der Waals surface area contributed by atoms with Gasteiger partial charge < -0.3 is 24.5 Å². The standard InChI is InChI=1S/C33H51NO6/c1-25(21-26(2)15-12-20-35)13-7-4-5-9-18-32-34-30(24-39-32)31-17-11-16-29(40-31)23-28(36)22-27(3)14-8-6-10-19-33(37)38/h9-10,15,18-19,24-25,28-29,31,35-36H,3-8,11-14,16-17,20-23H2,1-2H3,(H,37,38)/b18-9+,19-10-,26-15+. The highest BCUT2D eigenvalue weighted by Gasteiger charge is 2.27. The lowest BCUT2D eigenvalue weighted by molar-refractivity contribution is -0.131. The van der Waals surface area contributed by atoms with Gasteiger partial charge >= 0.3 is 5.97 Å². The molecule has 0 saturated carbocycles. The van der Waals surface area contributed by atoms with Crippen LogP contribution in [0.3, 0.4) is 0 Å². The number of carboxylic acid groups (broad SMARTS) is 1. The first-order valence-electron chi connectivity index (χ1n) is 15.0. The van der Waals surface area contributed by atoms with Crippen molar-refractivity contribution in [3.63, 3.8) is 0 Å². The molecular weight excluding hydrogens is 506 g/mol. The van der Waals surface area contributed by atoms with Crippen molar-refractivity contribution in [1.29, 1.82) is 0 Å². The maximum Gasteiger partial charge on any atom is 0.327 e. The Balaban J connectivity index is 1.66. The van der Waals surface area contributed by atoms with Crippen LogP contribution in [0.5, 0.6) is 0 Å². The van der Waals surface area contributed by atoms with Crippen LogP contribution in [0.2, 0.25) is 0 Å². The van der Waals surface area contributed by atoms with Crippen LogP contribution in [0.15, 0.2) is 52.7 Å². The van der Waals surface area contributed by atoms with Crippen LogP contribution in [-0.4, -0.2) is 45.1 Å². The first-order chi connectivity index (χ1) is 19.3. The third-order valence-electron chi connectivity index (χ3n) is 7.31. The van der Waals surface area contributed by atoms with Gasteiger partial charge in [0.05, 0.1) is 12.2 Å². The fourth-order valence-corrected chi connectivity index (χ4v) is 5.28. The molecule has 1 aliphatic rings. The molecule has 0 aromatic carbocycles. The van der Waals surface area contributed by atoms with Gasteiger partial charge in [-0.3, -0.25) is 0 Å². The third kappa shape index (κ3) is 14.8. The van der Waals surface area contributed by atoms with E-state index in [-0.39, 0.29) is 18.8 Å². The maximum atomic E-state index is 10.6. The quantitative estimate of drug-likeness (QED) is 0.0854. The van der Waals surface area contributed by atoms with Crippen LogP contribution in [-0.2, 0) is 9.53 Å². The van der Waals surface area contributed by atoms with Crippen molar-refractivity contribution in [2.24, 2.45) is 5.92 Å². The summed E-state index contributed by atoms with van der Waals surface area (Å²) in [5.41, 5.74) is 3.16. The van der Waals surface area contributed by atoms with Gasteiger partial charge in [0, 0.05) is 12.7 Å². The lowest BCUT2D eigenvalue weighted by Gasteiger charge is -2.30. The number of aliphatic hydroxyl groups excluding tert-OH is 2.